The molecule has 0 saturated carbocycles. The second-order valence-electron chi connectivity index (χ2n) is 3.47. The van der Waals surface area contributed by atoms with Crippen LogP contribution >= 0.6 is 15.9 Å². The SMILES string of the molecule is C#Cc1cccc(OCC(C)C)c1Br. The smallest absolute Gasteiger partial charge is 0.134 e. The molecule has 0 atom stereocenters. The summed E-state index contributed by atoms with van der Waals surface area (Å²) in [4.78, 5) is 0. The summed E-state index contributed by atoms with van der Waals surface area (Å²) < 4.78 is 6.46. The first-order valence-electron chi connectivity index (χ1n) is 4.53. The zero-order chi connectivity index (χ0) is 10.6. The van der Waals surface area contributed by atoms with Crippen LogP contribution in [0.5, 0.6) is 5.75 Å². The van der Waals surface area contributed by atoms with E-state index >= 15 is 0 Å². The molecule has 1 rings (SSSR count). The van der Waals surface area contributed by atoms with Gasteiger partial charge in [-0.2, -0.15) is 0 Å². The standard InChI is InChI=1S/C12H13BrO/c1-4-10-6-5-7-11(12(10)13)14-8-9(2)3/h1,5-7,9H,8H2,2-3H3. The maximum atomic E-state index is 5.60. The summed E-state index contributed by atoms with van der Waals surface area (Å²) in [7, 11) is 0. The van der Waals surface area contributed by atoms with Crippen molar-refractivity contribution in [1.29, 1.82) is 0 Å². The van der Waals surface area contributed by atoms with Crippen LogP contribution in [0.2, 0.25) is 0 Å². The third-order valence-electron chi connectivity index (χ3n) is 1.69. The predicted octanol–water partition coefficient (Wildman–Crippen LogP) is 3.47. The molecule has 0 bridgehead atoms. The van der Waals surface area contributed by atoms with Crippen LogP contribution in [0, 0.1) is 18.3 Å². The van der Waals surface area contributed by atoms with Crippen molar-refractivity contribution in [1.82, 2.24) is 0 Å². The van der Waals surface area contributed by atoms with Gasteiger partial charge in [0.05, 0.1) is 11.1 Å². The summed E-state index contributed by atoms with van der Waals surface area (Å²) in [5.74, 6) is 3.92. The van der Waals surface area contributed by atoms with Crippen molar-refractivity contribution in [3.8, 4) is 18.1 Å². The highest BCUT2D eigenvalue weighted by Gasteiger charge is 2.05. The molecule has 0 aromatic heterocycles. The lowest BCUT2D eigenvalue weighted by Crippen LogP contribution is -2.05. The van der Waals surface area contributed by atoms with Crippen LogP contribution in [-0.2, 0) is 0 Å². The van der Waals surface area contributed by atoms with E-state index in [-0.39, 0.29) is 0 Å². The summed E-state index contributed by atoms with van der Waals surface area (Å²) in [5, 5.41) is 0. The van der Waals surface area contributed by atoms with E-state index < -0.39 is 0 Å². The Kier molecular flexibility index (Phi) is 4.03. The highest BCUT2D eigenvalue weighted by molar-refractivity contribution is 9.10. The van der Waals surface area contributed by atoms with Gasteiger partial charge >= 0.3 is 0 Å². The minimum absolute atomic E-state index is 0.511. The first-order chi connectivity index (χ1) is 6.65. The Morgan fingerprint density at radius 2 is 2.21 bits per heavy atom. The molecule has 74 valence electrons. The highest BCUT2D eigenvalue weighted by Crippen LogP contribution is 2.28. The number of halogens is 1. The van der Waals surface area contributed by atoms with E-state index in [4.69, 9.17) is 11.2 Å². The molecule has 0 unspecified atom stereocenters. The maximum Gasteiger partial charge on any atom is 0.134 e. The van der Waals surface area contributed by atoms with Crippen molar-refractivity contribution in [2.75, 3.05) is 6.61 Å². The van der Waals surface area contributed by atoms with Crippen LogP contribution < -0.4 is 4.74 Å². The molecule has 0 amide bonds. The predicted molar refractivity (Wildman–Crippen MR) is 62.4 cm³/mol. The molecule has 0 radical (unpaired) electrons. The van der Waals surface area contributed by atoms with E-state index in [1.54, 1.807) is 0 Å². The average Bonchev–Trinajstić information content (AvgIpc) is 2.16. The Hall–Kier alpha value is -0.940. The van der Waals surface area contributed by atoms with Crippen LogP contribution in [0.1, 0.15) is 19.4 Å². The molecule has 0 saturated heterocycles. The van der Waals surface area contributed by atoms with Gasteiger partial charge in [-0.05, 0) is 34.0 Å². The fourth-order valence-electron chi connectivity index (χ4n) is 0.990. The van der Waals surface area contributed by atoms with E-state index in [1.165, 1.54) is 0 Å². The van der Waals surface area contributed by atoms with Gasteiger partial charge in [-0.25, -0.2) is 0 Å². The number of ether oxygens (including phenoxy) is 1. The Balaban J connectivity index is 2.83. The highest BCUT2D eigenvalue weighted by atomic mass is 79.9. The summed E-state index contributed by atoms with van der Waals surface area (Å²) in [6.45, 7) is 4.92. The zero-order valence-electron chi connectivity index (χ0n) is 8.38. The van der Waals surface area contributed by atoms with Crippen LogP contribution in [0.4, 0.5) is 0 Å². The van der Waals surface area contributed by atoms with Crippen molar-refractivity contribution in [2.24, 2.45) is 5.92 Å². The van der Waals surface area contributed by atoms with Gasteiger partial charge in [0.25, 0.3) is 0 Å². The Morgan fingerprint density at radius 3 is 2.79 bits per heavy atom. The first-order valence-corrected chi connectivity index (χ1v) is 5.32. The van der Waals surface area contributed by atoms with E-state index in [0.717, 1.165) is 15.8 Å². The molecule has 1 aromatic rings. The summed E-state index contributed by atoms with van der Waals surface area (Å²) in [6, 6.07) is 5.69. The molecule has 0 aliphatic heterocycles. The molecule has 2 heteroatoms. The summed E-state index contributed by atoms with van der Waals surface area (Å²) in [5.41, 5.74) is 0.825. The second kappa shape index (κ2) is 5.07. The van der Waals surface area contributed by atoms with Gasteiger partial charge in [-0.1, -0.05) is 25.8 Å². The van der Waals surface area contributed by atoms with Gasteiger partial charge in [-0.15, -0.1) is 6.42 Å². The first kappa shape index (κ1) is 11.1. The molecular weight excluding hydrogens is 240 g/mol. The minimum atomic E-state index is 0.511. The lowest BCUT2D eigenvalue weighted by Gasteiger charge is -2.10. The largest absolute Gasteiger partial charge is 0.492 e. The Labute approximate surface area is 93.6 Å². The maximum absolute atomic E-state index is 5.60. The van der Waals surface area contributed by atoms with E-state index in [1.807, 2.05) is 18.2 Å². The van der Waals surface area contributed by atoms with E-state index in [2.05, 4.69) is 35.7 Å². The molecule has 14 heavy (non-hydrogen) atoms. The van der Waals surface area contributed by atoms with Gasteiger partial charge in [0, 0.05) is 5.56 Å². The molecule has 0 aliphatic carbocycles. The molecule has 0 heterocycles. The Bertz CT molecular complexity index is 350. The van der Waals surface area contributed by atoms with Crippen LogP contribution in [0.3, 0.4) is 0 Å². The number of hydrogen-bond donors (Lipinski definition) is 0. The van der Waals surface area contributed by atoms with Gasteiger partial charge in [0.1, 0.15) is 5.75 Å². The third-order valence-corrected chi connectivity index (χ3v) is 2.51. The molecule has 1 nitrogen and oxygen atoms in total. The molecule has 0 aliphatic rings. The van der Waals surface area contributed by atoms with E-state index in [9.17, 15) is 0 Å². The van der Waals surface area contributed by atoms with Crippen molar-refractivity contribution >= 4 is 15.9 Å². The zero-order valence-corrected chi connectivity index (χ0v) is 9.97. The van der Waals surface area contributed by atoms with Crippen molar-refractivity contribution < 1.29 is 4.74 Å². The average molecular weight is 253 g/mol. The summed E-state index contributed by atoms with van der Waals surface area (Å²) >= 11 is 3.42. The fourth-order valence-corrected chi connectivity index (χ4v) is 1.48. The molecule has 0 N–H and O–H groups in total. The number of rotatable bonds is 3. The number of hydrogen-bond acceptors (Lipinski definition) is 1. The van der Waals surface area contributed by atoms with Gasteiger partial charge in [-0.3, -0.25) is 0 Å². The molecular formula is C12H13BrO. The lowest BCUT2D eigenvalue weighted by atomic mass is 10.2. The molecule has 0 spiro atoms. The lowest BCUT2D eigenvalue weighted by molar-refractivity contribution is 0.269. The van der Waals surface area contributed by atoms with Crippen LogP contribution in [0.25, 0.3) is 0 Å². The summed E-state index contributed by atoms with van der Waals surface area (Å²) in [6.07, 6.45) is 5.34. The van der Waals surface area contributed by atoms with Gasteiger partial charge in [0.2, 0.25) is 0 Å². The quantitative estimate of drug-likeness (QED) is 0.749. The van der Waals surface area contributed by atoms with Gasteiger partial charge < -0.3 is 4.74 Å². The minimum Gasteiger partial charge on any atom is -0.492 e. The number of benzene rings is 1. The van der Waals surface area contributed by atoms with E-state index in [0.29, 0.717) is 12.5 Å². The van der Waals surface area contributed by atoms with Crippen LogP contribution in [0.15, 0.2) is 22.7 Å². The Morgan fingerprint density at radius 1 is 1.50 bits per heavy atom. The molecule has 0 fully saturated rings. The van der Waals surface area contributed by atoms with Crippen LogP contribution in [-0.4, -0.2) is 6.61 Å². The third kappa shape index (κ3) is 2.78. The topological polar surface area (TPSA) is 9.23 Å². The fraction of sp³-hybridized carbons (Fsp3) is 0.333. The van der Waals surface area contributed by atoms with Gasteiger partial charge in [0.15, 0.2) is 0 Å². The molecule has 1 aromatic carbocycles. The van der Waals surface area contributed by atoms with Crippen molar-refractivity contribution in [3.63, 3.8) is 0 Å². The van der Waals surface area contributed by atoms with Crippen molar-refractivity contribution in [3.05, 3.63) is 28.2 Å². The monoisotopic (exact) mass is 252 g/mol. The second-order valence-corrected chi connectivity index (χ2v) is 4.26. The number of terminal acetylenes is 1. The normalized spacial score (nSPS) is 9.93. The van der Waals surface area contributed by atoms with Crippen molar-refractivity contribution in [2.45, 2.75) is 13.8 Å².